The molecule has 6 nitrogen and oxygen atoms in total. The Hall–Kier alpha value is -3.32. The topological polar surface area (TPSA) is 79.9 Å². The van der Waals surface area contributed by atoms with Crippen molar-refractivity contribution in [1.82, 2.24) is 20.3 Å². The molecule has 180 valence electrons. The number of carbonyl (C=O) groups excluding carboxylic acids is 1. The van der Waals surface area contributed by atoms with E-state index in [1.54, 1.807) is 12.1 Å². The smallest absolute Gasteiger partial charge is 0.251 e. The van der Waals surface area contributed by atoms with Crippen molar-refractivity contribution in [2.75, 3.05) is 13.2 Å². The van der Waals surface area contributed by atoms with Gasteiger partial charge < -0.3 is 15.0 Å². The molecule has 1 aliphatic heterocycles. The van der Waals surface area contributed by atoms with E-state index >= 15 is 0 Å². The van der Waals surface area contributed by atoms with E-state index in [0.717, 1.165) is 53.4 Å². The largest absolute Gasteiger partial charge is 0.377 e. The first-order valence-electron chi connectivity index (χ1n) is 12.5. The Kier molecular flexibility index (Phi) is 5.72. The van der Waals surface area contributed by atoms with Crippen molar-refractivity contribution in [2.45, 2.75) is 50.5 Å². The monoisotopic (exact) mass is 472 g/mol. The molecule has 2 aliphatic rings. The minimum atomic E-state index is -0.211. The molecule has 1 saturated heterocycles. The summed E-state index contributed by atoms with van der Waals surface area (Å²) in [5, 5.41) is 3.92. The summed E-state index contributed by atoms with van der Waals surface area (Å²) in [5.74, 6) is 1.92. The fourth-order valence-electron chi connectivity index (χ4n) is 5.62. The zero-order valence-corrected chi connectivity index (χ0v) is 19.8. The highest BCUT2D eigenvalue weighted by atomic mass is 19.1. The van der Waals surface area contributed by atoms with E-state index in [0.29, 0.717) is 36.5 Å². The van der Waals surface area contributed by atoms with Crippen LogP contribution < -0.4 is 5.32 Å². The van der Waals surface area contributed by atoms with Crippen molar-refractivity contribution in [3.8, 4) is 0 Å². The normalized spacial score (nSPS) is 21.7. The van der Waals surface area contributed by atoms with Crippen LogP contribution in [-0.2, 0) is 4.74 Å². The Morgan fingerprint density at radius 1 is 1.09 bits per heavy atom. The molecule has 2 aromatic heterocycles. The van der Waals surface area contributed by atoms with Crippen LogP contribution >= 0.6 is 0 Å². The fourth-order valence-corrected chi connectivity index (χ4v) is 5.62. The Balaban J connectivity index is 1.15. The second-order valence-electron chi connectivity index (χ2n) is 10.0. The van der Waals surface area contributed by atoms with Gasteiger partial charge in [0.05, 0.1) is 35.8 Å². The van der Waals surface area contributed by atoms with E-state index < -0.39 is 0 Å². The van der Waals surface area contributed by atoms with Crippen LogP contribution in [0.5, 0.6) is 0 Å². The molecule has 4 aromatic rings. The first-order chi connectivity index (χ1) is 17.0. The van der Waals surface area contributed by atoms with Gasteiger partial charge in [0.25, 0.3) is 5.91 Å². The van der Waals surface area contributed by atoms with Gasteiger partial charge >= 0.3 is 0 Å². The molecule has 35 heavy (non-hydrogen) atoms. The second-order valence-corrected chi connectivity index (χ2v) is 10.0. The summed E-state index contributed by atoms with van der Waals surface area (Å²) < 4.78 is 19.0. The predicted octanol–water partition coefficient (Wildman–Crippen LogP) is 5.46. The van der Waals surface area contributed by atoms with Crippen molar-refractivity contribution in [3.05, 3.63) is 71.4 Å². The number of fused-ring (bicyclic) bond motifs is 2. The molecule has 1 saturated carbocycles. The van der Waals surface area contributed by atoms with E-state index in [-0.39, 0.29) is 17.8 Å². The first-order valence-corrected chi connectivity index (χ1v) is 12.5. The van der Waals surface area contributed by atoms with Crippen LogP contribution in [0, 0.1) is 11.7 Å². The van der Waals surface area contributed by atoms with E-state index in [4.69, 9.17) is 9.72 Å². The van der Waals surface area contributed by atoms with Crippen molar-refractivity contribution in [2.24, 2.45) is 5.92 Å². The Labute approximate surface area is 203 Å². The highest BCUT2D eigenvalue weighted by Gasteiger charge is 2.29. The fraction of sp³-hybridized carbons (Fsp3) is 0.393. The number of aromatic nitrogens is 3. The lowest BCUT2D eigenvalue weighted by molar-refractivity contribution is -0.00346. The summed E-state index contributed by atoms with van der Waals surface area (Å²) >= 11 is 0. The number of amides is 1. The van der Waals surface area contributed by atoms with Gasteiger partial charge in [0.2, 0.25) is 0 Å². The maximum atomic E-state index is 13.9. The number of pyridine rings is 1. The summed E-state index contributed by atoms with van der Waals surface area (Å²) in [6.07, 6.45) is 6.17. The van der Waals surface area contributed by atoms with Crippen LogP contribution in [0.4, 0.5) is 4.39 Å². The van der Waals surface area contributed by atoms with Crippen molar-refractivity contribution in [3.63, 3.8) is 0 Å². The number of H-pyrrole nitrogens is 1. The quantitative estimate of drug-likeness (QED) is 0.404. The molecule has 6 rings (SSSR count). The summed E-state index contributed by atoms with van der Waals surface area (Å²) in [6, 6.07) is 12.7. The molecule has 2 aromatic carbocycles. The molecular weight excluding hydrogens is 443 g/mol. The Bertz CT molecular complexity index is 1390. The highest BCUT2D eigenvalue weighted by molar-refractivity contribution is 5.97. The van der Waals surface area contributed by atoms with Crippen LogP contribution in [0.2, 0.25) is 0 Å². The standard InChI is InChI=1S/C28H29FN4O2/c1-16(27-32-25-8-6-19(12-26(25)33-27)28(34)31-21-14-35-15-21)17-2-4-18(5-3-17)22-10-11-30-24-9-7-20(29)13-23(22)24/h6-13,16-18,21H,2-5,14-15H2,1H3,(H,31,34)(H,32,33). The van der Waals surface area contributed by atoms with Crippen LogP contribution in [0.1, 0.15) is 66.2 Å². The van der Waals surface area contributed by atoms with Gasteiger partial charge in [-0.1, -0.05) is 6.92 Å². The van der Waals surface area contributed by atoms with Crippen LogP contribution in [0.3, 0.4) is 0 Å². The number of halogens is 1. The molecular formula is C28H29FN4O2. The number of aromatic amines is 1. The van der Waals surface area contributed by atoms with Crippen LogP contribution in [0.25, 0.3) is 21.9 Å². The zero-order valence-electron chi connectivity index (χ0n) is 19.8. The van der Waals surface area contributed by atoms with Crippen molar-refractivity contribution in [1.29, 1.82) is 0 Å². The number of imidazole rings is 1. The average Bonchev–Trinajstić information content (AvgIpc) is 3.29. The van der Waals surface area contributed by atoms with E-state index in [9.17, 15) is 9.18 Å². The van der Waals surface area contributed by atoms with Crippen LogP contribution in [-0.4, -0.2) is 40.1 Å². The zero-order chi connectivity index (χ0) is 23.9. The van der Waals surface area contributed by atoms with Gasteiger partial charge in [0.15, 0.2) is 0 Å². The summed E-state index contributed by atoms with van der Waals surface area (Å²) in [5.41, 5.74) is 4.48. The summed E-state index contributed by atoms with van der Waals surface area (Å²) in [6.45, 7) is 3.40. The van der Waals surface area contributed by atoms with Gasteiger partial charge in [-0.3, -0.25) is 9.78 Å². The predicted molar refractivity (Wildman–Crippen MR) is 133 cm³/mol. The molecule has 2 fully saturated rings. The van der Waals surface area contributed by atoms with Crippen LogP contribution in [0.15, 0.2) is 48.7 Å². The summed E-state index contributed by atoms with van der Waals surface area (Å²) in [4.78, 5) is 25.2. The number of nitrogens with one attached hydrogen (secondary N) is 2. The van der Waals surface area contributed by atoms with Gasteiger partial charge in [-0.15, -0.1) is 0 Å². The first kappa shape index (κ1) is 22.2. The lowest BCUT2D eigenvalue weighted by Gasteiger charge is -2.32. The number of hydrogen-bond donors (Lipinski definition) is 2. The SMILES string of the molecule is CC(c1nc2ccc(C(=O)NC3COC3)cc2[nH]1)C1CCC(c2ccnc3ccc(F)cc23)CC1. The number of carbonyl (C=O) groups is 1. The number of nitrogens with zero attached hydrogens (tertiary/aromatic N) is 2. The van der Waals surface area contributed by atoms with Crippen molar-refractivity contribution >= 4 is 27.8 Å². The van der Waals surface area contributed by atoms with Gasteiger partial charge in [-0.05, 0) is 85.5 Å². The minimum absolute atomic E-state index is 0.0776. The molecule has 2 N–H and O–H groups in total. The third-order valence-corrected chi connectivity index (χ3v) is 7.82. The number of ether oxygens (including phenoxy) is 1. The maximum Gasteiger partial charge on any atom is 0.251 e. The second kappa shape index (κ2) is 9.04. The minimum Gasteiger partial charge on any atom is -0.377 e. The average molecular weight is 473 g/mol. The van der Waals surface area contributed by atoms with Gasteiger partial charge in [0, 0.05) is 23.1 Å². The lowest BCUT2D eigenvalue weighted by Crippen LogP contribution is -2.48. The Morgan fingerprint density at radius 3 is 2.66 bits per heavy atom. The summed E-state index contributed by atoms with van der Waals surface area (Å²) in [7, 11) is 0. The lowest BCUT2D eigenvalue weighted by atomic mass is 9.73. The Morgan fingerprint density at radius 2 is 1.89 bits per heavy atom. The number of benzene rings is 2. The number of hydrogen-bond acceptors (Lipinski definition) is 4. The number of rotatable bonds is 5. The molecule has 3 heterocycles. The maximum absolute atomic E-state index is 13.9. The highest BCUT2D eigenvalue weighted by Crippen LogP contribution is 2.43. The van der Waals surface area contributed by atoms with E-state index in [1.807, 2.05) is 24.4 Å². The van der Waals surface area contributed by atoms with E-state index in [2.05, 4.69) is 28.3 Å². The van der Waals surface area contributed by atoms with Gasteiger partial charge in [0.1, 0.15) is 11.6 Å². The molecule has 1 unspecified atom stereocenters. The molecule has 7 heteroatoms. The van der Waals surface area contributed by atoms with Crippen molar-refractivity contribution < 1.29 is 13.9 Å². The van der Waals surface area contributed by atoms with E-state index in [1.165, 1.54) is 11.6 Å². The molecule has 0 spiro atoms. The molecule has 1 amide bonds. The third-order valence-electron chi connectivity index (χ3n) is 7.82. The van der Waals surface area contributed by atoms with Gasteiger partial charge in [-0.2, -0.15) is 0 Å². The third kappa shape index (κ3) is 4.29. The molecule has 1 atom stereocenters. The molecule has 0 bridgehead atoms. The van der Waals surface area contributed by atoms with Gasteiger partial charge in [-0.25, -0.2) is 9.37 Å². The molecule has 1 aliphatic carbocycles. The molecule has 0 radical (unpaired) electrons.